The zero-order chi connectivity index (χ0) is 53.0. The van der Waals surface area contributed by atoms with Crippen LogP contribution >= 0.6 is 15.9 Å². The van der Waals surface area contributed by atoms with Gasteiger partial charge in [0.1, 0.15) is 44.6 Å². The first-order chi connectivity index (χ1) is 33.3. The number of halogens is 3. The van der Waals surface area contributed by atoms with Gasteiger partial charge >= 0.3 is 29.6 Å². The van der Waals surface area contributed by atoms with Crippen LogP contribution in [0.4, 0.5) is 20.4 Å². The smallest absolute Gasteiger partial charge is 0.773 e. The number of nitrogens with zero attached hydrogens (tertiary/aromatic N) is 4. The molecule has 0 aliphatic carbocycles. The first-order valence-electron chi connectivity index (χ1n) is 21.9. The maximum atomic E-state index is 13.5. The summed E-state index contributed by atoms with van der Waals surface area (Å²) in [5.41, 5.74) is 2.91. The van der Waals surface area contributed by atoms with E-state index in [2.05, 4.69) is 36.5 Å². The van der Waals surface area contributed by atoms with Gasteiger partial charge in [-0.05, 0) is 117 Å². The van der Waals surface area contributed by atoms with Crippen molar-refractivity contribution in [1.29, 1.82) is 0 Å². The first-order valence-corrected chi connectivity index (χ1v) is 30.2. The second-order valence-corrected chi connectivity index (χ2v) is 23.6. The number of carbonyl (C=O) groups excluding carboxylic acids is 2. The van der Waals surface area contributed by atoms with Gasteiger partial charge in [-0.15, -0.1) is 0 Å². The Morgan fingerprint density at radius 3 is 1.32 bits per heavy atom. The number of alkyl halides is 1. The summed E-state index contributed by atoms with van der Waals surface area (Å²) in [4.78, 5) is 34.5. The van der Waals surface area contributed by atoms with E-state index in [1.807, 2.05) is 13.8 Å². The first kappa shape index (κ1) is 62.0. The molecule has 1 atom stereocenters. The molecule has 6 rings (SSSR count). The van der Waals surface area contributed by atoms with Gasteiger partial charge in [-0.1, -0.05) is 40.9 Å². The number of unbranched alkanes of at least 4 members (excludes halogenated alkanes) is 2. The third kappa shape index (κ3) is 16.6. The Bertz CT molecular complexity index is 3210. The largest absolute Gasteiger partial charge is 1.00 e. The molecule has 0 spiro atoms. The summed E-state index contributed by atoms with van der Waals surface area (Å²) in [5.74, 6) is -0.831. The Hall–Kier alpha value is -4.34. The van der Waals surface area contributed by atoms with Crippen LogP contribution in [0.3, 0.4) is 0 Å². The molecule has 0 saturated carbocycles. The monoisotopic (exact) mass is 1150 g/mol. The van der Waals surface area contributed by atoms with Gasteiger partial charge in [-0.25, -0.2) is 34.0 Å². The van der Waals surface area contributed by atoms with E-state index in [1.165, 1.54) is 66.9 Å². The minimum absolute atomic E-state index is 0. The zero-order valence-electron chi connectivity index (χ0n) is 41.3. The summed E-state index contributed by atoms with van der Waals surface area (Å²) in [6.07, 6.45) is 7.41. The van der Waals surface area contributed by atoms with E-state index >= 15 is 0 Å². The molecular weight excluding hydrogens is 1100 g/mol. The van der Waals surface area contributed by atoms with Crippen LogP contribution in [0.5, 0.6) is 0 Å². The topological polar surface area (TPSA) is 259 Å². The van der Waals surface area contributed by atoms with Gasteiger partial charge in [-0.2, -0.15) is 9.97 Å². The Kier molecular flexibility index (Phi) is 23.5. The minimum Gasteiger partial charge on any atom is -0.773 e. The van der Waals surface area contributed by atoms with Crippen molar-refractivity contribution in [2.24, 2.45) is 0 Å². The van der Waals surface area contributed by atoms with Gasteiger partial charge in [-0.3, -0.25) is 22.4 Å². The van der Waals surface area contributed by atoms with Crippen molar-refractivity contribution < 1.29 is 90.8 Å². The third-order valence-electron chi connectivity index (χ3n) is 10.5. The fourth-order valence-electron chi connectivity index (χ4n) is 7.20. The normalized spacial score (nSPS) is 11.9. The number of anilines is 2. The number of hydrogen-bond donors (Lipinski definition) is 2. The number of sulfone groups is 1. The van der Waals surface area contributed by atoms with Crippen LogP contribution in [0.25, 0.3) is 44.8 Å². The molecule has 2 amide bonds. The molecule has 0 aliphatic heterocycles. The van der Waals surface area contributed by atoms with Crippen molar-refractivity contribution in [3.8, 4) is 22.6 Å². The van der Waals surface area contributed by atoms with Crippen LogP contribution in [-0.4, -0.2) is 119 Å². The molecule has 2 aromatic carbocycles. The number of rotatable bonds is 19. The molecule has 388 valence electrons. The summed E-state index contributed by atoms with van der Waals surface area (Å²) >= 11 is 1.50. The average Bonchev–Trinajstić information content (AvgIpc) is 3.86. The van der Waals surface area contributed by atoms with Gasteiger partial charge in [0.05, 0.1) is 34.4 Å². The molecule has 4 heterocycles. The maximum Gasteiger partial charge on any atom is 1.00 e. The van der Waals surface area contributed by atoms with Crippen LogP contribution in [0.1, 0.15) is 71.4 Å². The molecule has 0 saturated heterocycles. The van der Waals surface area contributed by atoms with Crippen molar-refractivity contribution in [3.63, 3.8) is 0 Å². The van der Waals surface area contributed by atoms with Crippen LogP contribution < -0.4 is 48.8 Å². The second kappa shape index (κ2) is 27.3. The zero-order valence-corrected chi connectivity index (χ0v) is 48.2. The summed E-state index contributed by atoms with van der Waals surface area (Å²) in [6.45, 7) is 4.04. The van der Waals surface area contributed by atoms with Crippen LogP contribution in [0.2, 0.25) is 0 Å². The van der Waals surface area contributed by atoms with Crippen molar-refractivity contribution in [2.45, 2.75) is 52.4 Å². The SMILES string of the molecule is CCc1cc2c(C(=O)NC)c(-c3ccc(F)cc3)oc2nc1N(CCCCBr)S(C)(=O)=O.CCc1cc2c(C(=O)NC)c(-c3ccc(F)cc3)oc2nc1N(CCCCS(C)(=O)=O)S(C)(=O)=O.CS(=O)[O-].[Na+]. The van der Waals surface area contributed by atoms with E-state index in [9.17, 15) is 43.6 Å². The molecular formula is C46H56BrF2N6NaO12S4. The van der Waals surface area contributed by atoms with Crippen LogP contribution in [-0.2, 0) is 53.8 Å². The number of pyridine rings is 2. The van der Waals surface area contributed by atoms with Crippen molar-refractivity contribution in [3.05, 3.63) is 94.6 Å². The summed E-state index contributed by atoms with van der Waals surface area (Å²) < 4.78 is 132. The third-order valence-corrected chi connectivity index (χ3v) is 14.4. The van der Waals surface area contributed by atoms with Crippen molar-refractivity contribution >= 4 is 103 Å². The number of sulfonamides is 2. The predicted molar refractivity (Wildman–Crippen MR) is 276 cm³/mol. The fourth-order valence-corrected chi connectivity index (χ4v) is 10.2. The molecule has 0 radical (unpaired) electrons. The van der Waals surface area contributed by atoms with Crippen molar-refractivity contribution in [1.82, 2.24) is 20.6 Å². The van der Waals surface area contributed by atoms with E-state index in [0.29, 0.717) is 70.9 Å². The van der Waals surface area contributed by atoms with Crippen LogP contribution in [0.15, 0.2) is 69.5 Å². The molecule has 6 aromatic rings. The van der Waals surface area contributed by atoms with E-state index in [4.69, 9.17) is 17.6 Å². The molecule has 2 N–H and O–H groups in total. The standard InChI is InChI=1S/C23H28FN3O6S2.C22H25BrFN3O4S.CH4O2S.Na/c1-5-15-14-18-19(22(28)25-2)20(16-8-10-17(24)11-9-16)33-23(18)26-21(15)27(35(4,31)32)12-6-7-13-34(3,29)30;1-4-14-13-17-18(21(28)25-2)19(15-7-9-16(24)10-8-15)31-22(17)26-20(14)27(32(3,29)30)12-6-5-11-23;1-4(2)3;/h8-11,14H,5-7,12-13H2,1-4H3,(H,25,28);7-10,13H,4-6,11-12H2,1-3H3,(H,25,28);1H3,(H,2,3);/q;;;+1/p-1. The van der Waals surface area contributed by atoms with Gasteiger partial charge in [0, 0.05) is 55.7 Å². The molecule has 18 nitrogen and oxygen atoms in total. The molecule has 0 aliphatic rings. The van der Waals surface area contributed by atoms with Gasteiger partial charge in [0.2, 0.25) is 31.5 Å². The molecule has 0 bridgehead atoms. The maximum absolute atomic E-state index is 13.5. The van der Waals surface area contributed by atoms with E-state index in [1.54, 1.807) is 12.1 Å². The summed E-state index contributed by atoms with van der Waals surface area (Å²) in [5, 5.41) is 6.81. The number of fused-ring (bicyclic) bond motifs is 2. The molecule has 1 unspecified atom stereocenters. The summed E-state index contributed by atoms with van der Waals surface area (Å²) in [6, 6.07) is 14.5. The van der Waals surface area contributed by atoms with E-state index in [-0.39, 0.29) is 94.2 Å². The quantitative estimate of drug-likeness (QED) is 0.0500. The predicted octanol–water partition coefficient (Wildman–Crippen LogP) is 4.14. The number of nitrogens with one attached hydrogen (secondary N) is 2. The van der Waals surface area contributed by atoms with E-state index in [0.717, 1.165) is 41.1 Å². The van der Waals surface area contributed by atoms with Gasteiger partial charge in [0.15, 0.2) is 0 Å². The Balaban J connectivity index is 0.000000350. The fraction of sp³-hybridized carbons (Fsp3) is 0.391. The number of furan rings is 2. The second-order valence-electron chi connectivity index (χ2n) is 15.9. The number of aryl methyl sites for hydroxylation is 2. The molecule has 0 fully saturated rings. The van der Waals surface area contributed by atoms with E-state index < -0.39 is 58.5 Å². The van der Waals surface area contributed by atoms with Crippen LogP contribution in [0, 0.1) is 11.6 Å². The number of amides is 2. The molecule has 72 heavy (non-hydrogen) atoms. The number of aromatic nitrogens is 2. The molecule has 4 aromatic heterocycles. The minimum atomic E-state index is -3.76. The summed E-state index contributed by atoms with van der Waals surface area (Å²) in [7, 11) is -7.53. The number of benzene rings is 2. The number of carbonyl (C=O) groups is 2. The Morgan fingerprint density at radius 1 is 0.681 bits per heavy atom. The Labute approximate surface area is 451 Å². The van der Waals surface area contributed by atoms with Gasteiger partial charge < -0.3 is 24.0 Å². The van der Waals surface area contributed by atoms with Crippen molar-refractivity contribution in [2.75, 3.05) is 71.9 Å². The average molecular weight is 1150 g/mol. The number of hydrogen-bond acceptors (Lipinski definition) is 14. The Morgan fingerprint density at radius 2 is 1.03 bits per heavy atom. The van der Waals surface area contributed by atoms with Gasteiger partial charge in [0.25, 0.3) is 11.8 Å². The molecule has 26 heteroatoms.